The molecule has 1 atom stereocenters. The normalized spacial score (nSPS) is 18.5. The van der Waals surface area contributed by atoms with Crippen molar-refractivity contribution in [2.75, 3.05) is 0 Å². The van der Waals surface area contributed by atoms with Gasteiger partial charge in [-0.3, -0.25) is 0 Å². The molecule has 4 heteroatoms. The van der Waals surface area contributed by atoms with Crippen LogP contribution in [0.4, 0.5) is 0 Å². The third-order valence-electron chi connectivity index (χ3n) is 5.80. The molecule has 0 spiro atoms. The zero-order valence-corrected chi connectivity index (χ0v) is 19.7. The van der Waals surface area contributed by atoms with Crippen LogP contribution in [-0.4, -0.2) is 5.01 Å². The zero-order chi connectivity index (χ0) is 18.8. The molecular weight excluding hydrogens is 507 g/mol. The van der Waals surface area contributed by atoms with E-state index in [9.17, 15) is 0 Å². The van der Waals surface area contributed by atoms with Crippen molar-refractivity contribution in [1.29, 1.82) is 0 Å². The topological polar surface area (TPSA) is 9.23 Å². The second-order valence-electron chi connectivity index (χ2n) is 7.31. The molecule has 0 amide bonds. The van der Waals surface area contributed by atoms with Crippen LogP contribution in [0.1, 0.15) is 14.8 Å². The molecule has 3 aromatic carbocycles. The summed E-state index contributed by atoms with van der Waals surface area (Å²) in [6.07, 6.45) is 4.36. The number of halogens is 1. The maximum atomic E-state index is 6.43. The molecule has 1 aliphatic heterocycles. The summed E-state index contributed by atoms with van der Waals surface area (Å²) in [5.74, 6) is 1.01. The molecule has 2 aliphatic carbocycles. The van der Waals surface area contributed by atoms with Crippen LogP contribution < -0.4 is 13.7 Å². The van der Waals surface area contributed by atoms with Gasteiger partial charge in [0.05, 0.1) is 0 Å². The average molecular weight is 523 g/mol. The van der Waals surface area contributed by atoms with Gasteiger partial charge in [-0.05, 0) is 0 Å². The van der Waals surface area contributed by atoms with Crippen LogP contribution in [0.15, 0.2) is 78.4 Å². The van der Waals surface area contributed by atoms with Crippen LogP contribution in [0.25, 0.3) is 23.0 Å². The van der Waals surface area contributed by atoms with Gasteiger partial charge >= 0.3 is 184 Å². The third-order valence-corrected chi connectivity index (χ3v) is 14.1. The Balaban J connectivity index is 1.59. The maximum absolute atomic E-state index is 6.43. The summed E-state index contributed by atoms with van der Waals surface area (Å²) in [6.45, 7) is 0. The number of alkyl halides is 1. The predicted molar refractivity (Wildman–Crippen MR) is 116 cm³/mol. The molecule has 6 rings (SSSR count). The van der Waals surface area contributed by atoms with E-state index in [2.05, 4.69) is 94.8 Å². The molecule has 0 saturated carbocycles. The number of ether oxygens (including phenoxy) is 1. The molecule has 3 aromatic rings. The molecule has 1 nitrogen and oxygen atoms in total. The standard InChI is InChI=1S/C13H9.C11H6BrO.S.Zr/c1-3-7-12-10(5-1)9-11-6-2-4-8-13(11)12;12-10-6-8-5-7-3-1-2-4-9(7)11(8)13-10;;/h1-9H;1-3,5-6,10H;;. The van der Waals surface area contributed by atoms with Gasteiger partial charge in [0.2, 0.25) is 0 Å². The Morgan fingerprint density at radius 1 is 0.857 bits per heavy atom. The van der Waals surface area contributed by atoms with Crippen molar-refractivity contribution in [2.45, 2.75) is 8.64 Å². The fraction of sp³-hybridized carbons (Fsp3) is 0.0833. The summed E-state index contributed by atoms with van der Waals surface area (Å²) in [7, 11) is 6.43. The quantitative estimate of drug-likeness (QED) is 0.462. The van der Waals surface area contributed by atoms with E-state index in [-0.39, 0.29) is 5.01 Å². The SMILES string of the molecule is [S]=[Zr]([c]1cccc2c1=C1OC(Br)C=C1C=2)[CH]1c2ccccc2-c2ccccc21. The molecule has 134 valence electrons. The van der Waals surface area contributed by atoms with Gasteiger partial charge in [0.25, 0.3) is 0 Å². The minimum absolute atomic E-state index is 0.0416. The van der Waals surface area contributed by atoms with Gasteiger partial charge in [0.1, 0.15) is 0 Å². The Labute approximate surface area is 182 Å². The van der Waals surface area contributed by atoms with Crippen LogP contribution in [0.2, 0.25) is 0 Å². The zero-order valence-electron chi connectivity index (χ0n) is 14.9. The van der Waals surface area contributed by atoms with Gasteiger partial charge in [-0.1, -0.05) is 0 Å². The monoisotopic (exact) mass is 520 g/mol. The third kappa shape index (κ3) is 2.44. The first kappa shape index (κ1) is 17.4. The van der Waals surface area contributed by atoms with Gasteiger partial charge < -0.3 is 0 Å². The summed E-state index contributed by atoms with van der Waals surface area (Å²) in [5.41, 5.74) is 6.73. The minimum atomic E-state index is -2.50. The van der Waals surface area contributed by atoms with E-state index in [0.717, 1.165) is 5.76 Å². The van der Waals surface area contributed by atoms with E-state index in [1.54, 1.807) is 0 Å². The Bertz CT molecular complexity index is 1300. The van der Waals surface area contributed by atoms with Gasteiger partial charge in [-0.2, -0.15) is 0 Å². The molecule has 0 aromatic heterocycles. The van der Waals surface area contributed by atoms with Gasteiger partial charge in [-0.15, -0.1) is 0 Å². The summed E-state index contributed by atoms with van der Waals surface area (Å²) in [6, 6.07) is 24.2. The molecule has 0 saturated heterocycles. The van der Waals surface area contributed by atoms with Crippen LogP contribution in [0.5, 0.6) is 0 Å². The number of hydrogen-bond acceptors (Lipinski definition) is 2. The van der Waals surface area contributed by atoms with Crippen molar-refractivity contribution in [2.24, 2.45) is 0 Å². The Morgan fingerprint density at radius 2 is 1.54 bits per heavy atom. The number of rotatable bonds is 2. The summed E-state index contributed by atoms with van der Waals surface area (Å²) < 4.78 is 7.84. The molecule has 3 aliphatic rings. The summed E-state index contributed by atoms with van der Waals surface area (Å²) in [4.78, 5) is 0. The molecular formula is C24H15BrOSZr. The van der Waals surface area contributed by atoms with Gasteiger partial charge in [0.15, 0.2) is 0 Å². The first-order valence-corrected chi connectivity index (χ1v) is 16.3. The molecule has 28 heavy (non-hydrogen) atoms. The summed E-state index contributed by atoms with van der Waals surface area (Å²) >= 11 is 1.07. The Kier molecular flexibility index (Phi) is 4.05. The molecule has 0 radical (unpaired) electrons. The average Bonchev–Trinajstić information content (AvgIpc) is 3.35. The van der Waals surface area contributed by atoms with Crippen molar-refractivity contribution in [3.05, 3.63) is 99.9 Å². The molecule has 0 bridgehead atoms. The van der Waals surface area contributed by atoms with Crippen molar-refractivity contribution >= 4 is 39.9 Å². The van der Waals surface area contributed by atoms with Gasteiger partial charge in [-0.25, -0.2) is 0 Å². The van der Waals surface area contributed by atoms with Crippen LogP contribution in [-0.2, 0) is 24.4 Å². The molecule has 1 unspecified atom stereocenters. The van der Waals surface area contributed by atoms with Crippen molar-refractivity contribution in [3.8, 4) is 11.1 Å². The first-order valence-electron chi connectivity index (χ1n) is 9.33. The predicted octanol–water partition coefficient (Wildman–Crippen LogP) is 4.39. The molecule has 0 N–H and O–H groups in total. The molecule has 0 fully saturated rings. The van der Waals surface area contributed by atoms with Crippen molar-refractivity contribution in [3.63, 3.8) is 0 Å². The number of benzene rings is 3. The van der Waals surface area contributed by atoms with Crippen LogP contribution in [0, 0.1) is 0 Å². The van der Waals surface area contributed by atoms with E-state index in [0.29, 0.717) is 3.63 Å². The Morgan fingerprint density at radius 3 is 2.25 bits per heavy atom. The fourth-order valence-corrected chi connectivity index (χ4v) is 12.9. The van der Waals surface area contributed by atoms with Crippen LogP contribution in [0.3, 0.4) is 0 Å². The van der Waals surface area contributed by atoms with E-state index < -0.39 is 19.7 Å². The van der Waals surface area contributed by atoms with Crippen molar-refractivity contribution in [1.82, 2.24) is 0 Å². The Hall–Kier alpha value is -1.48. The second-order valence-corrected chi connectivity index (χ2v) is 15.3. The molecule has 1 heterocycles. The number of fused-ring (bicyclic) bond motifs is 5. The first-order chi connectivity index (χ1) is 13.7. The second kappa shape index (κ2) is 6.52. The van der Waals surface area contributed by atoms with E-state index in [4.69, 9.17) is 13.6 Å². The van der Waals surface area contributed by atoms with Crippen molar-refractivity contribution < 1.29 is 24.4 Å². The fourth-order valence-electron chi connectivity index (χ4n) is 4.66. The van der Waals surface area contributed by atoms with E-state index in [1.165, 1.54) is 41.5 Å². The number of hydrogen-bond donors (Lipinski definition) is 0. The van der Waals surface area contributed by atoms with E-state index in [1.807, 2.05) is 0 Å². The van der Waals surface area contributed by atoms with E-state index >= 15 is 0 Å². The van der Waals surface area contributed by atoms with Gasteiger partial charge in [0, 0.05) is 0 Å². The summed E-state index contributed by atoms with van der Waals surface area (Å²) in [5, 5.41) is 2.46. The van der Waals surface area contributed by atoms with Crippen LogP contribution >= 0.6 is 24.8 Å².